The van der Waals surface area contributed by atoms with Crippen molar-refractivity contribution in [1.82, 2.24) is 4.98 Å². The Morgan fingerprint density at radius 1 is 1.25 bits per heavy atom. The van der Waals surface area contributed by atoms with Crippen LogP contribution in [0.25, 0.3) is 11.1 Å². The molecule has 1 amide bonds. The average Bonchev–Trinajstić information content (AvgIpc) is 2.52. The normalized spacial score (nSPS) is 10.7. The van der Waals surface area contributed by atoms with Gasteiger partial charge in [0.15, 0.2) is 11.6 Å². The quantitative estimate of drug-likeness (QED) is 0.751. The first-order valence-corrected chi connectivity index (χ1v) is 8.12. The molecular weight excluding hydrogens is 307 g/mol. The molecule has 0 saturated heterocycles. The van der Waals surface area contributed by atoms with Crippen LogP contribution in [0.2, 0.25) is 0 Å². The largest absolute Gasteiger partial charge is 0.491 e. The Hall–Kier alpha value is -2.43. The van der Waals surface area contributed by atoms with E-state index in [1.807, 2.05) is 0 Å². The number of nitrogens with zero attached hydrogens (tertiary/aromatic N) is 1. The van der Waals surface area contributed by atoms with Crippen molar-refractivity contribution in [2.45, 2.75) is 33.6 Å². The molecule has 0 unspecified atom stereocenters. The molecule has 4 nitrogen and oxygen atoms in total. The number of rotatable bonds is 7. The van der Waals surface area contributed by atoms with Crippen LogP contribution in [0, 0.1) is 11.7 Å². The highest BCUT2D eigenvalue weighted by Crippen LogP contribution is 2.27. The smallest absolute Gasteiger partial charge is 0.222 e. The molecule has 1 heterocycles. The first-order valence-electron chi connectivity index (χ1n) is 8.12. The van der Waals surface area contributed by atoms with Crippen LogP contribution < -0.4 is 10.1 Å². The lowest BCUT2D eigenvalue weighted by molar-refractivity contribution is -0.114. The number of nitrogens with one attached hydrogen (secondary N) is 1. The maximum atomic E-state index is 14.2. The minimum absolute atomic E-state index is 0.198. The summed E-state index contributed by atoms with van der Waals surface area (Å²) < 4.78 is 19.7. The van der Waals surface area contributed by atoms with Gasteiger partial charge in [-0.05, 0) is 54.2 Å². The minimum atomic E-state index is -0.394. The zero-order chi connectivity index (χ0) is 17.5. The van der Waals surface area contributed by atoms with Crippen molar-refractivity contribution in [3.05, 3.63) is 42.3 Å². The summed E-state index contributed by atoms with van der Waals surface area (Å²) >= 11 is 0. The Bertz CT molecular complexity index is 702. The van der Waals surface area contributed by atoms with Gasteiger partial charge >= 0.3 is 0 Å². The van der Waals surface area contributed by atoms with Gasteiger partial charge < -0.3 is 10.1 Å². The molecule has 0 atom stereocenters. The number of anilines is 1. The molecule has 0 bridgehead atoms. The molecule has 24 heavy (non-hydrogen) atoms. The fourth-order valence-corrected chi connectivity index (χ4v) is 2.33. The summed E-state index contributed by atoms with van der Waals surface area (Å²) in [7, 11) is 0. The summed E-state index contributed by atoms with van der Waals surface area (Å²) in [6.45, 7) is 6.23. The van der Waals surface area contributed by atoms with Gasteiger partial charge in [0.2, 0.25) is 5.91 Å². The van der Waals surface area contributed by atoms with Crippen LogP contribution in [0.15, 0.2) is 36.5 Å². The second-order valence-electron chi connectivity index (χ2n) is 6.14. The molecular formula is C19H23FN2O2. The predicted octanol–water partition coefficient (Wildman–Crippen LogP) is 4.66. The zero-order valence-corrected chi connectivity index (χ0v) is 14.3. The van der Waals surface area contributed by atoms with Crippen molar-refractivity contribution in [1.29, 1.82) is 0 Å². The van der Waals surface area contributed by atoms with Gasteiger partial charge in [0, 0.05) is 13.1 Å². The highest BCUT2D eigenvalue weighted by atomic mass is 19.1. The number of halogens is 1. The van der Waals surface area contributed by atoms with E-state index in [2.05, 4.69) is 24.1 Å². The average molecular weight is 330 g/mol. The number of carbonyl (C=O) groups is 1. The van der Waals surface area contributed by atoms with Gasteiger partial charge in [-0.25, -0.2) is 9.37 Å². The van der Waals surface area contributed by atoms with Gasteiger partial charge in [-0.3, -0.25) is 4.79 Å². The second kappa shape index (κ2) is 8.43. The lowest BCUT2D eigenvalue weighted by Crippen LogP contribution is -2.07. The SMILES string of the molecule is CC(=O)Nc1cc(-c2ccc(OCCCC(C)C)c(F)c2)ccn1. The van der Waals surface area contributed by atoms with Crippen LogP contribution in [0.3, 0.4) is 0 Å². The van der Waals surface area contributed by atoms with Crippen molar-refractivity contribution < 1.29 is 13.9 Å². The molecule has 0 spiro atoms. The van der Waals surface area contributed by atoms with Crippen LogP contribution in [0.4, 0.5) is 10.2 Å². The van der Waals surface area contributed by atoms with Crippen molar-refractivity contribution in [2.75, 3.05) is 11.9 Å². The second-order valence-corrected chi connectivity index (χ2v) is 6.14. The number of ether oxygens (including phenoxy) is 1. The van der Waals surface area contributed by atoms with E-state index < -0.39 is 5.82 Å². The van der Waals surface area contributed by atoms with E-state index in [1.54, 1.807) is 30.5 Å². The van der Waals surface area contributed by atoms with Gasteiger partial charge in [-0.1, -0.05) is 19.9 Å². The summed E-state index contributed by atoms with van der Waals surface area (Å²) in [6.07, 6.45) is 3.54. The highest BCUT2D eigenvalue weighted by Gasteiger charge is 2.08. The number of hydrogen-bond acceptors (Lipinski definition) is 3. The van der Waals surface area contributed by atoms with Gasteiger partial charge in [0.1, 0.15) is 5.82 Å². The van der Waals surface area contributed by atoms with Crippen molar-refractivity contribution in [3.8, 4) is 16.9 Å². The summed E-state index contributed by atoms with van der Waals surface area (Å²) in [4.78, 5) is 15.2. The van der Waals surface area contributed by atoms with E-state index in [0.29, 0.717) is 23.9 Å². The van der Waals surface area contributed by atoms with E-state index >= 15 is 0 Å². The Morgan fingerprint density at radius 2 is 2.00 bits per heavy atom. The van der Waals surface area contributed by atoms with Crippen molar-refractivity contribution >= 4 is 11.7 Å². The van der Waals surface area contributed by atoms with E-state index in [1.165, 1.54) is 13.0 Å². The maximum Gasteiger partial charge on any atom is 0.222 e. The lowest BCUT2D eigenvalue weighted by Gasteiger charge is -2.10. The van der Waals surface area contributed by atoms with Gasteiger partial charge in [0.05, 0.1) is 6.61 Å². The Kier molecular flexibility index (Phi) is 6.29. The molecule has 128 valence electrons. The number of benzene rings is 1. The van der Waals surface area contributed by atoms with Crippen molar-refractivity contribution in [3.63, 3.8) is 0 Å². The molecule has 5 heteroatoms. The van der Waals surface area contributed by atoms with Crippen LogP contribution in [-0.4, -0.2) is 17.5 Å². The summed E-state index contributed by atoms with van der Waals surface area (Å²) in [5.41, 5.74) is 1.48. The highest BCUT2D eigenvalue weighted by molar-refractivity contribution is 5.88. The number of hydrogen-bond donors (Lipinski definition) is 1. The molecule has 0 aliphatic carbocycles. The monoisotopic (exact) mass is 330 g/mol. The minimum Gasteiger partial charge on any atom is -0.491 e. The number of amides is 1. The van der Waals surface area contributed by atoms with E-state index in [0.717, 1.165) is 18.4 Å². The molecule has 2 rings (SSSR count). The third-order valence-corrected chi connectivity index (χ3v) is 3.51. The molecule has 0 radical (unpaired) electrons. The Balaban J connectivity index is 2.07. The predicted molar refractivity (Wildman–Crippen MR) is 93.5 cm³/mol. The van der Waals surface area contributed by atoms with Crippen molar-refractivity contribution in [2.24, 2.45) is 5.92 Å². The maximum absolute atomic E-state index is 14.2. The first kappa shape index (κ1) is 17.9. The summed E-state index contributed by atoms with van der Waals surface area (Å²) in [6, 6.07) is 8.35. The van der Waals surface area contributed by atoms with Crippen LogP contribution in [0.1, 0.15) is 33.6 Å². The molecule has 1 N–H and O–H groups in total. The standard InChI is InChI=1S/C19H23FN2O2/c1-13(2)5-4-10-24-18-7-6-15(11-17(18)20)16-8-9-21-19(12-16)22-14(3)23/h6-9,11-13H,4-5,10H2,1-3H3,(H,21,22,23). The van der Waals surface area contributed by atoms with Gasteiger partial charge in [-0.15, -0.1) is 0 Å². The van der Waals surface area contributed by atoms with E-state index in [-0.39, 0.29) is 11.7 Å². The molecule has 0 aliphatic rings. The van der Waals surface area contributed by atoms with E-state index in [9.17, 15) is 9.18 Å². The van der Waals surface area contributed by atoms with E-state index in [4.69, 9.17) is 4.74 Å². The molecule has 1 aromatic carbocycles. The third-order valence-electron chi connectivity index (χ3n) is 3.51. The zero-order valence-electron chi connectivity index (χ0n) is 14.3. The number of aromatic nitrogens is 1. The third kappa shape index (κ3) is 5.33. The summed E-state index contributed by atoms with van der Waals surface area (Å²) in [5.74, 6) is 0.726. The molecule has 0 saturated carbocycles. The Labute approximate surface area is 142 Å². The fourth-order valence-electron chi connectivity index (χ4n) is 2.33. The van der Waals surface area contributed by atoms with Crippen LogP contribution in [-0.2, 0) is 4.79 Å². The molecule has 2 aromatic rings. The molecule has 1 aromatic heterocycles. The number of pyridine rings is 1. The topological polar surface area (TPSA) is 51.2 Å². The molecule has 0 aliphatic heterocycles. The van der Waals surface area contributed by atoms with Crippen LogP contribution in [0.5, 0.6) is 5.75 Å². The van der Waals surface area contributed by atoms with Gasteiger partial charge in [-0.2, -0.15) is 0 Å². The number of carbonyl (C=O) groups excluding carboxylic acids is 1. The molecule has 0 fully saturated rings. The fraction of sp³-hybridized carbons (Fsp3) is 0.368. The Morgan fingerprint density at radius 3 is 2.67 bits per heavy atom. The van der Waals surface area contributed by atoms with Gasteiger partial charge in [0.25, 0.3) is 0 Å². The van der Waals surface area contributed by atoms with Crippen LogP contribution >= 0.6 is 0 Å². The lowest BCUT2D eigenvalue weighted by atomic mass is 10.1. The summed E-state index contributed by atoms with van der Waals surface area (Å²) in [5, 5.41) is 2.62. The first-order chi connectivity index (χ1) is 11.5.